The van der Waals surface area contributed by atoms with Gasteiger partial charge >= 0.3 is 11.9 Å². The third-order valence-corrected chi connectivity index (χ3v) is 1.54. The maximum Gasteiger partial charge on any atom is 0.331 e. The molecule has 0 atom stereocenters. The number of ether oxygens (including phenoxy) is 1. The van der Waals surface area contributed by atoms with Crippen molar-refractivity contribution in [2.24, 2.45) is 0 Å². The van der Waals surface area contributed by atoms with Gasteiger partial charge in [-0.2, -0.15) is 0 Å². The molecule has 0 aliphatic heterocycles. The highest BCUT2D eigenvalue weighted by Gasteiger charge is 2.07. The number of carboxylic acids is 2. The van der Waals surface area contributed by atoms with Crippen molar-refractivity contribution in [1.82, 2.24) is 0 Å². The van der Waals surface area contributed by atoms with Gasteiger partial charge in [0, 0.05) is 11.6 Å². The van der Waals surface area contributed by atoms with E-state index in [1.807, 2.05) is 6.92 Å². The number of aliphatic carboxylic acids is 2. The summed E-state index contributed by atoms with van der Waals surface area (Å²) in [6, 6.07) is 0. The fraction of sp³-hybridized carbons (Fsp3) is 0.455. The van der Waals surface area contributed by atoms with E-state index in [0.717, 1.165) is 12.5 Å². The quantitative estimate of drug-likeness (QED) is 0.539. The topological polar surface area (TPSA) is 83.8 Å². The van der Waals surface area contributed by atoms with E-state index in [0.29, 0.717) is 12.8 Å². The monoisotopic (exact) mass is 230 g/mol. The van der Waals surface area contributed by atoms with Gasteiger partial charge in [0.05, 0.1) is 13.4 Å². The maximum absolute atomic E-state index is 10.4. The summed E-state index contributed by atoms with van der Waals surface area (Å²) in [4.78, 5) is 20.5. The number of hydrogen-bond donors (Lipinski definition) is 2. The molecule has 0 radical (unpaired) electrons. The lowest BCUT2D eigenvalue weighted by atomic mass is 10.1. The Hall–Kier alpha value is -1.78. The van der Waals surface area contributed by atoms with Crippen LogP contribution in [0.1, 0.15) is 26.2 Å². The molecule has 0 saturated carbocycles. The molecule has 0 bridgehead atoms. The second-order valence-electron chi connectivity index (χ2n) is 2.82. The minimum Gasteiger partial charge on any atom is -0.505 e. The normalized spacial score (nSPS) is 9.75. The summed E-state index contributed by atoms with van der Waals surface area (Å²) in [6.07, 6.45) is 3.99. The van der Waals surface area contributed by atoms with Crippen LogP contribution in [0.5, 0.6) is 0 Å². The predicted octanol–water partition coefficient (Wildman–Crippen LogP) is 2.05. The van der Waals surface area contributed by atoms with E-state index in [1.54, 1.807) is 7.11 Å². The molecule has 0 spiro atoms. The van der Waals surface area contributed by atoms with E-state index in [1.165, 1.54) is 6.26 Å². The van der Waals surface area contributed by atoms with Crippen molar-refractivity contribution in [3.8, 4) is 0 Å². The number of rotatable bonds is 6. The Morgan fingerprint density at radius 1 is 1.38 bits per heavy atom. The third-order valence-electron chi connectivity index (χ3n) is 1.54. The van der Waals surface area contributed by atoms with Gasteiger partial charge in [-0.25, -0.2) is 9.59 Å². The Bertz CT molecular complexity index is 255. The van der Waals surface area contributed by atoms with Crippen molar-refractivity contribution in [3.05, 3.63) is 24.5 Å². The molecule has 0 fully saturated rings. The van der Waals surface area contributed by atoms with E-state index < -0.39 is 11.9 Å². The largest absolute Gasteiger partial charge is 0.505 e. The summed E-state index contributed by atoms with van der Waals surface area (Å²) in [5.41, 5.74) is -0.0376. The van der Waals surface area contributed by atoms with Crippen LogP contribution >= 0.6 is 0 Å². The van der Waals surface area contributed by atoms with Crippen LogP contribution in [0.25, 0.3) is 0 Å². The molecule has 16 heavy (non-hydrogen) atoms. The second-order valence-corrected chi connectivity index (χ2v) is 2.82. The van der Waals surface area contributed by atoms with E-state index in [2.05, 4.69) is 11.3 Å². The van der Waals surface area contributed by atoms with Crippen molar-refractivity contribution in [2.45, 2.75) is 26.2 Å². The van der Waals surface area contributed by atoms with Gasteiger partial charge in [-0.1, -0.05) is 19.9 Å². The summed E-state index contributed by atoms with van der Waals surface area (Å²) in [5, 5.41) is 16.8. The van der Waals surface area contributed by atoms with E-state index in [4.69, 9.17) is 10.2 Å². The van der Waals surface area contributed by atoms with Crippen LogP contribution in [0.4, 0.5) is 0 Å². The zero-order valence-electron chi connectivity index (χ0n) is 9.60. The Morgan fingerprint density at radius 3 is 2.12 bits per heavy atom. The van der Waals surface area contributed by atoms with Crippen molar-refractivity contribution in [2.75, 3.05) is 7.11 Å². The Kier molecular flexibility index (Phi) is 11.7. The molecule has 0 aromatic carbocycles. The first kappa shape index (κ1) is 16.6. The molecule has 5 heteroatoms. The van der Waals surface area contributed by atoms with Crippen LogP contribution in [0.3, 0.4) is 0 Å². The van der Waals surface area contributed by atoms with Crippen LogP contribution in [0.15, 0.2) is 24.5 Å². The highest BCUT2D eigenvalue weighted by atomic mass is 16.5. The van der Waals surface area contributed by atoms with Crippen LogP contribution in [0, 0.1) is 0 Å². The van der Waals surface area contributed by atoms with Crippen molar-refractivity contribution < 1.29 is 24.5 Å². The molecule has 0 aromatic rings. The molecule has 0 unspecified atom stereocenters. The zero-order valence-corrected chi connectivity index (χ0v) is 9.60. The molecule has 0 amide bonds. The number of carboxylic acid groups (broad SMARTS) is 2. The lowest BCUT2D eigenvalue weighted by Gasteiger charge is -1.97. The minimum atomic E-state index is -1.21. The van der Waals surface area contributed by atoms with Gasteiger partial charge in [-0.05, 0) is 12.8 Å². The minimum absolute atomic E-state index is 0.0376. The molecule has 0 saturated heterocycles. The lowest BCUT2D eigenvalue weighted by Crippen LogP contribution is -2.03. The van der Waals surface area contributed by atoms with Gasteiger partial charge in [0.1, 0.15) is 0 Å². The molecule has 0 aliphatic carbocycles. The Morgan fingerprint density at radius 2 is 1.88 bits per heavy atom. The molecular formula is C11H18O5. The van der Waals surface area contributed by atoms with Crippen LogP contribution < -0.4 is 0 Å². The second kappa shape index (κ2) is 11.3. The van der Waals surface area contributed by atoms with Gasteiger partial charge in [-0.15, -0.1) is 0 Å². The van der Waals surface area contributed by atoms with E-state index in [9.17, 15) is 9.59 Å². The van der Waals surface area contributed by atoms with Crippen molar-refractivity contribution >= 4 is 11.9 Å². The maximum atomic E-state index is 10.4. The fourth-order valence-electron chi connectivity index (χ4n) is 0.757. The highest BCUT2D eigenvalue weighted by molar-refractivity contribution is 5.94. The highest BCUT2D eigenvalue weighted by Crippen LogP contribution is 2.06. The van der Waals surface area contributed by atoms with Crippen LogP contribution in [-0.2, 0) is 14.3 Å². The van der Waals surface area contributed by atoms with Crippen LogP contribution in [0.2, 0.25) is 0 Å². The Balaban J connectivity index is 0. The SMILES string of the molecule is C=COC.CCCC/C(=C/C(=O)O)C(=O)O. The molecule has 0 aliphatic rings. The van der Waals surface area contributed by atoms with Gasteiger partial charge in [0.2, 0.25) is 0 Å². The van der Waals surface area contributed by atoms with Gasteiger partial charge < -0.3 is 14.9 Å². The molecule has 5 nitrogen and oxygen atoms in total. The van der Waals surface area contributed by atoms with E-state index >= 15 is 0 Å². The fourth-order valence-corrected chi connectivity index (χ4v) is 0.757. The average Bonchev–Trinajstić information content (AvgIpc) is 2.23. The molecule has 0 heterocycles. The van der Waals surface area contributed by atoms with E-state index in [-0.39, 0.29) is 5.57 Å². The number of carbonyl (C=O) groups is 2. The number of hydrogen-bond acceptors (Lipinski definition) is 3. The van der Waals surface area contributed by atoms with Crippen molar-refractivity contribution in [3.63, 3.8) is 0 Å². The zero-order chi connectivity index (χ0) is 13.0. The van der Waals surface area contributed by atoms with Crippen molar-refractivity contribution in [1.29, 1.82) is 0 Å². The predicted molar refractivity (Wildman–Crippen MR) is 60.1 cm³/mol. The third kappa shape index (κ3) is 12.2. The molecule has 2 N–H and O–H groups in total. The van der Waals surface area contributed by atoms with Gasteiger partial charge in [0.25, 0.3) is 0 Å². The summed E-state index contributed by atoms with van der Waals surface area (Å²) in [7, 11) is 1.56. The van der Waals surface area contributed by atoms with Gasteiger partial charge in [0.15, 0.2) is 0 Å². The van der Waals surface area contributed by atoms with Gasteiger partial charge in [-0.3, -0.25) is 0 Å². The average molecular weight is 230 g/mol. The Labute approximate surface area is 95.0 Å². The number of unbranched alkanes of at least 4 members (excludes halogenated alkanes) is 1. The standard InChI is InChI=1S/C8H12O4.C3H6O/c1-2-3-4-6(8(11)12)5-7(9)10;1-3-4-2/h5H,2-4H2,1H3,(H,9,10)(H,11,12);3H,1H2,2H3/b6-5-;. The molecule has 0 aromatic heterocycles. The summed E-state index contributed by atoms with van der Waals surface area (Å²) >= 11 is 0. The van der Waals surface area contributed by atoms with Crippen LogP contribution in [-0.4, -0.2) is 29.3 Å². The summed E-state index contributed by atoms with van der Waals surface area (Å²) in [5.74, 6) is -2.35. The summed E-state index contributed by atoms with van der Waals surface area (Å²) < 4.78 is 4.31. The first-order valence-corrected chi connectivity index (χ1v) is 4.80. The lowest BCUT2D eigenvalue weighted by molar-refractivity contribution is -0.135. The smallest absolute Gasteiger partial charge is 0.331 e. The molecule has 0 rings (SSSR count). The summed E-state index contributed by atoms with van der Waals surface area (Å²) in [6.45, 7) is 5.17. The molecule has 92 valence electrons. The molecular weight excluding hydrogens is 212 g/mol. The first-order chi connectivity index (χ1) is 7.49. The number of methoxy groups -OCH3 is 1. The first-order valence-electron chi connectivity index (χ1n) is 4.80.